The van der Waals surface area contributed by atoms with E-state index >= 15 is 0 Å². The van der Waals surface area contributed by atoms with Crippen molar-refractivity contribution in [3.63, 3.8) is 0 Å². The Balaban J connectivity index is 3.05. The van der Waals surface area contributed by atoms with Crippen LogP contribution in [0.25, 0.3) is 0 Å². The fourth-order valence-electron chi connectivity index (χ4n) is 1.74. The molecule has 0 saturated carbocycles. The molecule has 6 nitrogen and oxygen atoms in total. The fraction of sp³-hybridized carbons (Fsp3) is 0.462. The topological polar surface area (TPSA) is 83.9 Å². The molecule has 21 heavy (non-hydrogen) atoms. The van der Waals surface area contributed by atoms with E-state index in [0.29, 0.717) is 13.2 Å². The highest BCUT2D eigenvalue weighted by Gasteiger charge is 2.24. The van der Waals surface area contributed by atoms with Gasteiger partial charge in [0.1, 0.15) is 0 Å². The number of benzene rings is 1. The lowest BCUT2D eigenvalue weighted by Gasteiger charge is -2.20. The largest absolute Gasteiger partial charge is 0.478 e. The van der Waals surface area contributed by atoms with Crippen LogP contribution in [0.5, 0.6) is 0 Å². The standard InChI is InChI=1S/C13H18ClNO5S/c1-3-15(7-8-20-4-2)21(18,19)10-5-6-11(13(16)17)12(14)9-10/h5-6,9H,3-4,7-8H2,1-2H3,(H,16,17). The average molecular weight is 336 g/mol. The van der Waals surface area contributed by atoms with E-state index < -0.39 is 16.0 Å². The molecule has 0 radical (unpaired) electrons. The highest BCUT2D eigenvalue weighted by molar-refractivity contribution is 7.89. The summed E-state index contributed by atoms with van der Waals surface area (Å²) in [5, 5.41) is 8.79. The molecule has 1 aromatic rings. The van der Waals surface area contributed by atoms with Gasteiger partial charge in [-0.3, -0.25) is 0 Å². The summed E-state index contributed by atoms with van der Waals surface area (Å²) in [4.78, 5) is 10.9. The Labute approximate surface area is 129 Å². The average Bonchev–Trinajstić information content (AvgIpc) is 2.42. The highest BCUT2D eigenvalue weighted by Crippen LogP contribution is 2.23. The summed E-state index contributed by atoms with van der Waals surface area (Å²) in [6, 6.07) is 3.59. The lowest BCUT2D eigenvalue weighted by atomic mass is 10.2. The van der Waals surface area contributed by atoms with Gasteiger partial charge in [0.2, 0.25) is 10.0 Å². The third-order valence-corrected chi connectivity index (χ3v) is 5.13. The maximum absolute atomic E-state index is 12.5. The van der Waals surface area contributed by atoms with Crippen molar-refractivity contribution in [1.29, 1.82) is 0 Å². The third-order valence-electron chi connectivity index (χ3n) is 2.85. The second kappa shape index (κ2) is 7.74. The summed E-state index contributed by atoms with van der Waals surface area (Å²) in [5.41, 5.74) is -0.131. The molecule has 0 spiro atoms. The Bertz CT molecular complexity index is 603. The number of aromatic carboxylic acids is 1. The number of nitrogens with zero attached hydrogens (tertiary/aromatic N) is 1. The van der Waals surface area contributed by atoms with Crippen molar-refractivity contribution in [1.82, 2.24) is 4.31 Å². The number of rotatable bonds is 8. The number of carbonyl (C=O) groups is 1. The van der Waals surface area contributed by atoms with Gasteiger partial charge >= 0.3 is 5.97 Å². The zero-order valence-electron chi connectivity index (χ0n) is 11.9. The number of hydrogen-bond donors (Lipinski definition) is 1. The first-order chi connectivity index (χ1) is 9.84. The number of ether oxygens (including phenoxy) is 1. The van der Waals surface area contributed by atoms with Gasteiger partial charge in [0.05, 0.1) is 22.1 Å². The molecule has 0 heterocycles. The molecule has 8 heteroatoms. The number of likely N-dealkylation sites (N-methyl/N-ethyl adjacent to an activating group) is 1. The molecule has 1 rings (SSSR count). The molecule has 0 aliphatic rings. The van der Waals surface area contributed by atoms with Gasteiger partial charge in [-0.05, 0) is 25.1 Å². The molecule has 0 bridgehead atoms. The zero-order chi connectivity index (χ0) is 16.0. The predicted molar refractivity (Wildman–Crippen MR) is 79.3 cm³/mol. The number of carboxylic acid groups (broad SMARTS) is 1. The zero-order valence-corrected chi connectivity index (χ0v) is 13.4. The third kappa shape index (κ3) is 4.41. The van der Waals surface area contributed by atoms with Gasteiger partial charge in [-0.2, -0.15) is 4.31 Å². The second-order valence-electron chi connectivity index (χ2n) is 4.14. The van der Waals surface area contributed by atoms with Gasteiger partial charge in [0, 0.05) is 19.7 Å². The maximum atomic E-state index is 12.5. The van der Waals surface area contributed by atoms with Gasteiger partial charge in [0.15, 0.2) is 0 Å². The molecule has 0 amide bonds. The summed E-state index contributed by atoms with van der Waals surface area (Å²) in [6.45, 7) is 4.87. The molecule has 118 valence electrons. The molecule has 0 atom stereocenters. The maximum Gasteiger partial charge on any atom is 0.337 e. The Morgan fingerprint density at radius 2 is 2.05 bits per heavy atom. The summed E-state index contributed by atoms with van der Waals surface area (Å²) in [7, 11) is -3.72. The lowest BCUT2D eigenvalue weighted by molar-refractivity contribution is 0.0697. The summed E-state index contributed by atoms with van der Waals surface area (Å²) in [5.74, 6) is -1.20. The van der Waals surface area contributed by atoms with Gasteiger partial charge in [-0.1, -0.05) is 18.5 Å². The van der Waals surface area contributed by atoms with Crippen LogP contribution in [0.2, 0.25) is 5.02 Å². The van der Waals surface area contributed by atoms with Crippen LogP contribution in [-0.2, 0) is 14.8 Å². The molecule has 0 aliphatic heterocycles. The first-order valence-corrected chi connectivity index (χ1v) is 8.27. The smallest absolute Gasteiger partial charge is 0.337 e. The Morgan fingerprint density at radius 3 is 2.52 bits per heavy atom. The van der Waals surface area contributed by atoms with Crippen molar-refractivity contribution in [2.75, 3.05) is 26.3 Å². The van der Waals surface area contributed by atoms with E-state index in [1.54, 1.807) is 6.92 Å². The van der Waals surface area contributed by atoms with Crippen molar-refractivity contribution in [3.05, 3.63) is 28.8 Å². The Hall–Kier alpha value is -1.15. The van der Waals surface area contributed by atoms with Crippen molar-refractivity contribution in [2.24, 2.45) is 0 Å². The van der Waals surface area contributed by atoms with Crippen LogP contribution < -0.4 is 0 Å². The minimum absolute atomic E-state index is 0.0316. The number of halogens is 1. The molecule has 0 unspecified atom stereocenters. The van der Waals surface area contributed by atoms with E-state index in [1.165, 1.54) is 16.4 Å². The van der Waals surface area contributed by atoms with E-state index in [0.717, 1.165) is 6.07 Å². The van der Waals surface area contributed by atoms with Crippen LogP contribution in [0.4, 0.5) is 0 Å². The van der Waals surface area contributed by atoms with E-state index in [9.17, 15) is 13.2 Å². The summed E-state index contributed by atoms with van der Waals surface area (Å²) in [6.07, 6.45) is 0. The lowest BCUT2D eigenvalue weighted by Crippen LogP contribution is -2.34. The van der Waals surface area contributed by atoms with Crippen LogP contribution in [0.15, 0.2) is 23.1 Å². The van der Waals surface area contributed by atoms with Crippen LogP contribution >= 0.6 is 11.6 Å². The van der Waals surface area contributed by atoms with E-state index in [2.05, 4.69) is 0 Å². The minimum atomic E-state index is -3.72. The quantitative estimate of drug-likeness (QED) is 0.735. The second-order valence-corrected chi connectivity index (χ2v) is 6.49. The summed E-state index contributed by atoms with van der Waals surface area (Å²) < 4.78 is 31.3. The molecular formula is C13H18ClNO5S. The van der Waals surface area contributed by atoms with E-state index in [-0.39, 0.29) is 28.6 Å². The SMILES string of the molecule is CCOCCN(CC)S(=O)(=O)c1ccc(C(=O)O)c(Cl)c1. The highest BCUT2D eigenvalue weighted by atomic mass is 35.5. The number of hydrogen-bond acceptors (Lipinski definition) is 4. The van der Waals surface area contributed by atoms with Gasteiger partial charge < -0.3 is 9.84 Å². The molecule has 0 aliphatic carbocycles. The molecule has 1 aromatic carbocycles. The first-order valence-electron chi connectivity index (χ1n) is 6.45. The molecule has 1 N–H and O–H groups in total. The van der Waals surface area contributed by atoms with E-state index in [4.69, 9.17) is 21.4 Å². The number of sulfonamides is 1. The number of carboxylic acids is 1. The molecular weight excluding hydrogens is 318 g/mol. The predicted octanol–water partition coefficient (Wildman–Crippen LogP) is 2.09. The van der Waals surface area contributed by atoms with Gasteiger partial charge in [-0.15, -0.1) is 0 Å². The van der Waals surface area contributed by atoms with Crippen LogP contribution in [0.1, 0.15) is 24.2 Å². The Kier molecular flexibility index (Phi) is 6.60. The fourth-order valence-corrected chi connectivity index (χ4v) is 3.52. The van der Waals surface area contributed by atoms with Gasteiger partial charge in [0.25, 0.3) is 0 Å². The monoisotopic (exact) mass is 335 g/mol. The van der Waals surface area contributed by atoms with Crippen molar-refractivity contribution in [3.8, 4) is 0 Å². The van der Waals surface area contributed by atoms with Crippen molar-refractivity contribution < 1.29 is 23.1 Å². The van der Waals surface area contributed by atoms with Gasteiger partial charge in [-0.25, -0.2) is 13.2 Å². The summed E-state index contributed by atoms with van der Waals surface area (Å²) >= 11 is 5.82. The first kappa shape index (κ1) is 17.9. The van der Waals surface area contributed by atoms with Crippen molar-refractivity contribution in [2.45, 2.75) is 18.7 Å². The van der Waals surface area contributed by atoms with Crippen LogP contribution in [0, 0.1) is 0 Å². The normalized spacial score (nSPS) is 11.8. The molecule has 0 saturated heterocycles. The molecule has 0 aromatic heterocycles. The minimum Gasteiger partial charge on any atom is -0.478 e. The van der Waals surface area contributed by atoms with E-state index in [1.807, 2.05) is 6.92 Å². The molecule has 0 fully saturated rings. The van der Waals surface area contributed by atoms with Crippen LogP contribution in [-0.4, -0.2) is 50.1 Å². The van der Waals surface area contributed by atoms with Crippen molar-refractivity contribution >= 4 is 27.6 Å². The van der Waals surface area contributed by atoms with Crippen LogP contribution in [0.3, 0.4) is 0 Å². The Morgan fingerprint density at radius 1 is 1.38 bits per heavy atom.